The van der Waals surface area contributed by atoms with Gasteiger partial charge in [0, 0.05) is 5.56 Å². The summed E-state index contributed by atoms with van der Waals surface area (Å²) in [5.74, 6) is -2.28. The van der Waals surface area contributed by atoms with Crippen LogP contribution in [0.5, 0.6) is 5.75 Å². The Kier molecular flexibility index (Phi) is 3.63. The molecule has 0 fully saturated rings. The highest BCUT2D eigenvalue weighted by Gasteiger charge is 2.37. The lowest BCUT2D eigenvalue weighted by molar-refractivity contribution is -0.139. The third-order valence-electron chi connectivity index (χ3n) is 1.96. The molecule has 1 rings (SSSR count). The van der Waals surface area contributed by atoms with Crippen LogP contribution in [0.15, 0.2) is 12.1 Å². The van der Waals surface area contributed by atoms with E-state index in [1.54, 1.807) is 0 Å². The zero-order valence-corrected chi connectivity index (χ0v) is 8.93. The van der Waals surface area contributed by atoms with Crippen LogP contribution >= 0.6 is 11.6 Å². The topological polar surface area (TPSA) is 61.1 Å². The van der Waals surface area contributed by atoms with Crippen molar-refractivity contribution in [2.24, 2.45) is 0 Å². The minimum atomic E-state index is -4.86. The Bertz CT molecular complexity index is 505. The highest BCUT2D eigenvalue weighted by molar-refractivity contribution is 6.30. The molecule has 1 N–H and O–H groups in total. The molecule has 17 heavy (non-hydrogen) atoms. The van der Waals surface area contributed by atoms with Gasteiger partial charge in [0.25, 0.3) is 0 Å². The van der Waals surface area contributed by atoms with E-state index in [1.807, 2.05) is 0 Å². The number of phenols is 1. The minimum absolute atomic E-state index is 0.234. The molecule has 1 aromatic rings. The molecule has 1 aromatic carbocycles. The number of carbonyl (C=O) groups is 1. The van der Waals surface area contributed by atoms with Crippen LogP contribution in [-0.2, 0) is 6.18 Å². The maximum atomic E-state index is 12.5. The molecule has 90 valence electrons. The number of hydrogen-bond acceptors (Lipinski definition) is 3. The Morgan fingerprint density at radius 1 is 1.47 bits per heavy atom. The van der Waals surface area contributed by atoms with E-state index in [2.05, 4.69) is 0 Å². The van der Waals surface area contributed by atoms with Crippen molar-refractivity contribution in [3.63, 3.8) is 0 Å². The highest BCUT2D eigenvalue weighted by atomic mass is 35.5. The first-order valence-electron chi connectivity index (χ1n) is 4.24. The Hall–Kier alpha value is -1.74. The van der Waals surface area contributed by atoms with Crippen molar-refractivity contribution < 1.29 is 23.1 Å². The van der Waals surface area contributed by atoms with Crippen molar-refractivity contribution in [2.75, 3.05) is 5.88 Å². The van der Waals surface area contributed by atoms with E-state index < -0.39 is 34.7 Å². The van der Waals surface area contributed by atoms with Gasteiger partial charge in [0.05, 0.1) is 17.5 Å². The quantitative estimate of drug-likeness (QED) is 0.659. The van der Waals surface area contributed by atoms with Gasteiger partial charge in [0.2, 0.25) is 0 Å². The molecular formula is C10H5ClF3NO2. The number of nitriles is 1. The summed E-state index contributed by atoms with van der Waals surface area (Å²) in [7, 11) is 0. The van der Waals surface area contributed by atoms with Crippen molar-refractivity contribution in [1.82, 2.24) is 0 Å². The molecule has 0 radical (unpaired) electrons. The lowest BCUT2D eigenvalue weighted by atomic mass is 10.0. The van der Waals surface area contributed by atoms with Crippen molar-refractivity contribution in [1.29, 1.82) is 5.26 Å². The van der Waals surface area contributed by atoms with Crippen molar-refractivity contribution >= 4 is 17.4 Å². The molecule has 0 saturated heterocycles. The molecule has 0 bridgehead atoms. The van der Waals surface area contributed by atoms with Crippen molar-refractivity contribution in [2.45, 2.75) is 6.18 Å². The summed E-state index contributed by atoms with van der Waals surface area (Å²) < 4.78 is 37.5. The van der Waals surface area contributed by atoms with Gasteiger partial charge in [-0.1, -0.05) is 0 Å². The van der Waals surface area contributed by atoms with Gasteiger partial charge in [0.1, 0.15) is 11.3 Å². The molecule has 0 atom stereocenters. The maximum Gasteiger partial charge on any atom is 0.421 e. The molecular weight excluding hydrogens is 259 g/mol. The fraction of sp³-hybridized carbons (Fsp3) is 0.200. The van der Waals surface area contributed by atoms with E-state index in [0.29, 0.717) is 6.07 Å². The minimum Gasteiger partial charge on any atom is -0.507 e. The first kappa shape index (κ1) is 13.3. The first-order valence-corrected chi connectivity index (χ1v) is 4.78. The van der Waals surface area contributed by atoms with E-state index >= 15 is 0 Å². The number of Topliss-reactive ketones (excluding diaryl/α,β-unsaturated/α-hetero) is 1. The van der Waals surface area contributed by atoms with Gasteiger partial charge in [-0.3, -0.25) is 4.79 Å². The van der Waals surface area contributed by atoms with E-state index in [0.717, 1.165) is 6.07 Å². The number of nitrogens with zero attached hydrogens (tertiary/aromatic N) is 1. The Labute approximate surface area is 99.0 Å². The molecule has 0 aromatic heterocycles. The first-order chi connectivity index (χ1) is 7.81. The fourth-order valence-electron chi connectivity index (χ4n) is 1.25. The van der Waals surface area contributed by atoms with Crippen LogP contribution in [0.2, 0.25) is 0 Å². The lowest BCUT2D eigenvalue weighted by Gasteiger charge is -2.11. The largest absolute Gasteiger partial charge is 0.507 e. The van der Waals surface area contributed by atoms with Gasteiger partial charge in [-0.15, -0.1) is 11.6 Å². The van der Waals surface area contributed by atoms with Crippen LogP contribution < -0.4 is 0 Å². The van der Waals surface area contributed by atoms with Gasteiger partial charge in [-0.25, -0.2) is 0 Å². The third-order valence-corrected chi connectivity index (χ3v) is 2.21. The average Bonchev–Trinajstić information content (AvgIpc) is 2.24. The second kappa shape index (κ2) is 4.63. The van der Waals surface area contributed by atoms with Crippen molar-refractivity contribution in [3.05, 3.63) is 28.8 Å². The van der Waals surface area contributed by atoms with Crippen LogP contribution in [0.3, 0.4) is 0 Å². The second-order valence-corrected chi connectivity index (χ2v) is 3.35. The van der Waals surface area contributed by atoms with E-state index in [4.69, 9.17) is 16.9 Å². The van der Waals surface area contributed by atoms with E-state index in [1.165, 1.54) is 6.07 Å². The summed E-state index contributed by atoms with van der Waals surface area (Å²) in [6, 6.07) is 2.69. The van der Waals surface area contributed by atoms with Crippen LogP contribution in [0.1, 0.15) is 21.5 Å². The summed E-state index contributed by atoms with van der Waals surface area (Å²) >= 11 is 5.23. The standard InChI is InChI=1S/C10H5ClF3NO2/c11-3-8(17)5-1-6(4-15)9(7(16)2-5)10(12,13)14/h1-2,16H,3H2. The van der Waals surface area contributed by atoms with Gasteiger partial charge in [0.15, 0.2) is 5.78 Å². The second-order valence-electron chi connectivity index (χ2n) is 3.08. The average molecular weight is 264 g/mol. The summed E-state index contributed by atoms with van der Waals surface area (Å²) in [5, 5.41) is 17.8. The highest BCUT2D eigenvalue weighted by Crippen LogP contribution is 2.38. The predicted octanol–water partition coefficient (Wildman–Crippen LogP) is 2.70. The summed E-state index contributed by atoms with van der Waals surface area (Å²) in [4.78, 5) is 11.2. The monoisotopic (exact) mass is 263 g/mol. The Balaban J connectivity index is 3.48. The number of benzene rings is 1. The van der Waals surface area contributed by atoms with Gasteiger partial charge < -0.3 is 5.11 Å². The zero-order chi connectivity index (χ0) is 13.2. The molecule has 0 spiro atoms. The number of carbonyl (C=O) groups excluding carboxylic acids is 1. The van der Waals surface area contributed by atoms with Gasteiger partial charge >= 0.3 is 6.18 Å². The Morgan fingerprint density at radius 3 is 2.47 bits per heavy atom. The maximum absolute atomic E-state index is 12.5. The molecule has 0 saturated carbocycles. The summed E-state index contributed by atoms with van der Waals surface area (Å²) in [5.41, 5.74) is -2.50. The normalized spacial score (nSPS) is 11.0. The van der Waals surface area contributed by atoms with Gasteiger partial charge in [-0.2, -0.15) is 18.4 Å². The predicted molar refractivity (Wildman–Crippen MR) is 52.9 cm³/mol. The number of rotatable bonds is 2. The van der Waals surface area contributed by atoms with Crippen molar-refractivity contribution in [3.8, 4) is 11.8 Å². The number of alkyl halides is 4. The van der Waals surface area contributed by atoms with Crippen LogP contribution in [-0.4, -0.2) is 16.8 Å². The van der Waals surface area contributed by atoms with E-state index in [-0.39, 0.29) is 5.56 Å². The summed E-state index contributed by atoms with van der Waals surface area (Å²) in [6.07, 6.45) is -4.86. The van der Waals surface area contributed by atoms with E-state index in [9.17, 15) is 23.1 Å². The number of hydrogen-bond donors (Lipinski definition) is 1. The number of ketones is 1. The third kappa shape index (κ3) is 2.68. The molecule has 0 aliphatic carbocycles. The summed E-state index contributed by atoms with van der Waals surface area (Å²) in [6.45, 7) is 0. The fourth-order valence-corrected chi connectivity index (χ4v) is 1.41. The number of phenolic OH excluding ortho intramolecular Hbond substituents is 1. The Morgan fingerprint density at radius 2 is 2.06 bits per heavy atom. The molecule has 3 nitrogen and oxygen atoms in total. The molecule has 0 aliphatic heterocycles. The SMILES string of the molecule is N#Cc1cc(C(=O)CCl)cc(O)c1C(F)(F)F. The number of halogens is 4. The zero-order valence-electron chi connectivity index (χ0n) is 8.18. The smallest absolute Gasteiger partial charge is 0.421 e. The van der Waals surface area contributed by atoms with Crippen LogP contribution in [0, 0.1) is 11.3 Å². The van der Waals surface area contributed by atoms with Crippen LogP contribution in [0.25, 0.3) is 0 Å². The molecule has 0 aliphatic rings. The molecule has 0 amide bonds. The molecule has 0 unspecified atom stereocenters. The van der Waals surface area contributed by atoms with Gasteiger partial charge in [-0.05, 0) is 12.1 Å². The lowest BCUT2D eigenvalue weighted by Crippen LogP contribution is -2.10. The molecule has 0 heterocycles. The number of aromatic hydroxyl groups is 1. The van der Waals surface area contributed by atoms with Crippen LogP contribution in [0.4, 0.5) is 13.2 Å². The molecule has 7 heteroatoms.